The second kappa shape index (κ2) is 12.8. The Morgan fingerprint density at radius 3 is 1.00 bits per heavy atom. The fourth-order valence-corrected chi connectivity index (χ4v) is 2.62. The number of hydrogen-bond donors (Lipinski definition) is 4. The molecule has 182 valence electrons. The molecule has 0 spiro atoms. The van der Waals surface area contributed by atoms with Gasteiger partial charge in [-0.1, -0.05) is 0 Å². The standard InChI is InChI=1S/C22H22O12/c23-19(24)13-7-14(20(25)26)10-17(9-13)33-5-3-31-1-2-32-4-6-34-18-11-15(21(27)28)8-16(12-18)22(29)30/h7-12H,1-6H2,(H,23,24)(H,25,26)(H,27,28)(H,29,30). The van der Waals surface area contributed by atoms with Crippen molar-refractivity contribution >= 4 is 23.9 Å². The number of hydrogen-bond acceptors (Lipinski definition) is 8. The summed E-state index contributed by atoms with van der Waals surface area (Å²) in [5, 5.41) is 36.1. The maximum atomic E-state index is 11.1. The van der Waals surface area contributed by atoms with Gasteiger partial charge in [-0.2, -0.15) is 0 Å². The summed E-state index contributed by atoms with van der Waals surface area (Å²) in [5.41, 5.74) is -0.832. The third-order valence-corrected chi connectivity index (χ3v) is 4.17. The van der Waals surface area contributed by atoms with Gasteiger partial charge in [0.05, 0.1) is 48.7 Å². The van der Waals surface area contributed by atoms with Crippen LogP contribution in [0.1, 0.15) is 41.4 Å². The summed E-state index contributed by atoms with van der Waals surface area (Å²) in [6.07, 6.45) is 0. The molecule has 0 aliphatic rings. The Morgan fingerprint density at radius 1 is 0.471 bits per heavy atom. The molecule has 12 heteroatoms. The van der Waals surface area contributed by atoms with Gasteiger partial charge >= 0.3 is 23.9 Å². The van der Waals surface area contributed by atoms with E-state index in [0.717, 1.165) is 12.1 Å². The van der Waals surface area contributed by atoms with Gasteiger partial charge in [0.2, 0.25) is 0 Å². The summed E-state index contributed by atoms with van der Waals surface area (Å²) in [5.74, 6) is -4.92. The van der Waals surface area contributed by atoms with Crippen LogP contribution >= 0.6 is 0 Å². The van der Waals surface area contributed by atoms with Crippen LogP contribution < -0.4 is 9.47 Å². The van der Waals surface area contributed by atoms with Crippen molar-refractivity contribution in [3.8, 4) is 11.5 Å². The summed E-state index contributed by atoms with van der Waals surface area (Å²) in [6.45, 7) is 0.792. The average molecular weight is 478 g/mol. The van der Waals surface area contributed by atoms with Crippen molar-refractivity contribution in [2.24, 2.45) is 0 Å². The lowest BCUT2D eigenvalue weighted by Crippen LogP contribution is -2.14. The summed E-state index contributed by atoms with van der Waals surface area (Å²) in [6, 6.07) is 6.91. The molecule has 0 amide bonds. The Balaban J connectivity index is 1.64. The first-order valence-corrected chi connectivity index (χ1v) is 9.82. The van der Waals surface area contributed by atoms with Crippen molar-refractivity contribution in [2.45, 2.75) is 0 Å². The van der Waals surface area contributed by atoms with Crippen LogP contribution in [-0.4, -0.2) is 83.9 Å². The summed E-state index contributed by atoms with van der Waals surface area (Å²) in [7, 11) is 0. The van der Waals surface area contributed by atoms with Gasteiger partial charge in [-0.05, 0) is 36.4 Å². The predicted octanol–water partition coefficient (Wildman–Crippen LogP) is 1.97. The highest BCUT2D eigenvalue weighted by Gasteiger charge is 2.13. The fourth-order valence-electron chi connectivity index (χ4n) is 2.62. The van der Waals surface area contributed by atoms with E-state index >= 15 is 0 Å². The first kappa shape index (κ1) is 26.1. The van der Waals surface area contributed by atoms with E-state index < -0.39 is 23.9 Å². The molecule has 0 radical (unpaired) electrons. The van der Waals surface area contributed by atoms with Crippen molar-refractivity contribution in [3.63, 3.8) is 0 Å². The molecule has 2 aromatic rings. The Hall–Kier alpha value is -4.16. The lowest BCUT2D eigenvalue weighted by molar-refractivity contribution is 0.0273. The summed E-state index contributed by atoms with van der Waals surface area (Å²) >= 11 is 0. The zero-order valence-electron chi connectivity index (χ0n) is 17.8. The number of carbonyl (C=O) groups is 4. The van der Waals surface area contributed by atoms with Crippen LogP contribution in [0, 0.1) is 0 Å². The Morgan fingerprint density at radius 2 is 0.735 bits per heavy atom. The van der Waals surface area contributed by atoms with Crippen molar-refractivity contribution in [3.05, 3.63) is 58.7 Å². The molecular weight excluding hydrogens is 456 g/mol. The predicted molar refractivity (Wildman–Crippen MR) is 113 cm³/mol. The van der Waals surface area contributed by atoms with Crippen LogP contribution in [0.2, 0.25) is 0 Å². The SMILES string of the molecule is O=C(O)c1cc(OCCOCCOCCOc2cc(C(=O)O)cc(C(=O)O)c2)cc(C(=O)O)c1. The van der Waals surface area contributed by atoms with Gasteiger partial charge < -0.3 is 39.4 Å². The van der Waals surface area contributed by atoms with E-state index in [-0.39, 0.29) is 73.4 Å². The van der Waals surface area contributed by atoms with Gasteiger partial charge in [-0.3, -0.25) is 0 Å². The molecule has 0 aromatic heterocycles. The number of carboxylic acids is 4. The highest BCUT2D eigenvalue weighted by atomic mass is 16.6. The van der Waals surface area contributed by atoms with Gasteiger partial charge in [-0.25, -0.2) is 19.2 Å². The van der Waals surface area contributed by atoms with Crippen LogP contribution in [-0.2, 0) is 9.47 Å². The molecule has 0 atom stereocenters. The molecule has 34 heavy (non-hydrogen) atoms. The van der Waals surface area contributed by atoms with Crippen LogP contribution in [0.3, 0.4) is 0 Å². The number of carboxylic acid groups (broad SMARTS) is 4. The molecule has 2 rings (SSSR count). The number of ether oxygens (including phenoxy) is 4. The monoisotopic (exact) mass is 478 g/mol. The molecule has 0 unspecified atom stereocenters. The first-order valence-electron chi connectivity index (χ1n) is 9.82. The van der Waals surface area contributed by atoms with Crippen molar-refractivity contribution < 1.29 is 58.6 Å². The minimum atomic E-state index is -1.28. The fraction of sp³-hybridized carbons (Fsp3) is 0.273. The molecule has 0 aliphatic carbocycles. The number of benzene rings is 2. The molecule has 0 fully saturated rings. The number of rotatable bonds is 15. The molecule has 4 N–H and O–H groups in total. The maximum absolute atomic E-state index is 11.1. The average Bonchev–Trinajstić information content (AvgIpc) is 2.79. The largest absolute Gasteiger partial charge is 0.491 e. The summed E-state index contributed by atoms with van der Waals surface area (Å²) < 4.78 is 21.3. The second-order valence-electron chi connectivity index (χ2n) is 6.63. The minimum absolute atomic E-state index is 0.0526. The van der Waals surface area contributed by atoms with E-state index in [1.54, 1.807) is 0 Å². The lowest BCUT2D eigenvalue weighted by Gasteiger charge is -2.10. The van der Waals surface area contributed by atoms with Crippen LogP contribution in [0.15, 0.2) is 36.4 Å². The minimum Gasteiger partial charge on any atom is -0.491 e. The third kappa shape index (κ3) is 8.41. The van der Waals surface area contributed by atoms with Gasteiger partial charge in [0.15, 0.2) is 0 Å². The van der Waals surface area contributed by atoms with Gasteiger partial charge in [0, 0.05) is 0 Å². The molecular formula is C22H22O12. The van der Waals surface area contributed by atoms with E-state index in [1.807, 2.05) is 0 Å². The molecule has 2 aromatic carbocycles. The van der Waals surface area contributed by atoms with E-state index in [0.29, 0.717) is 0 Å². The molecule has 0 heterocycles. The highest BCUT2D eigenvalue weighted by Crippen LogP contribution is 2.19. The first-order chi connectivity index (χ1) is 16.2. The maximum Gasteiger partial charge on any atom is 0.335 e. The summed E-state index contributed by atoms with van der Waals surface area (Å²) in [4.78, 5) is 44.3. The van der Waals surface area contributed by atoms with Crippen molar-refractivity contribution in [2.75, 3.05) is 39.6 Å². The Labute approximate surface area is 192 Å². The highest BCUT2D eigenvalue weighted by molar-refractivity contribution is 5.95. The molecule has 12 nitrogen and oxygen atoms in total. The molecule has 0 saturated carbocycles. The van der Waals surface area contributed by atoms with Gasteiger partial charge in [-0.15, -0.1) is 0 Å². The lowest BCUT2D eigenvalue weighted by atomic mass is 10.1. The van der Waals surface area contributed by atoms with E-state index in [2.05, 4.69) is 0 Å². The molecule has 0 aliphatic heterocycles. The zero-order valence-corrected chi connectivity index (χ0v) is 17.8. The van der Waals surface area contributed by atoms with Gasteiger partial charge in [0.25, 0.3) is 0 Å². The third-order valence-electron chi connectivity index (χ3n) is 4.17. The van der Waals surface area contributed by atoms with Crippen molar-refractivity contribution in [1.82, 2.24) is 0 Å². The van der Waals surface area contributed by atoms with E-state index in [9.17, 15) is 19.2 Å². The Bertz CT molecular complexity index is 898. The molecule has 0 bridgehead atoms. The second-order valence-corrected chi connectivity index (χ2v) is 6.63. The zero-order chi connectivity index (χ0) is 25.1. The van der Waals surface area contributed by atoms with Crippen LogP contribution in [0.4, 0.5) is 0 Å². The smallest absolute Gasteiger partial charge is 0.335 e. The van der Waals surface area contributed by atoms with Crippen molar-refractivity contribution in [1.29, 1.82) is 0 Å². The van der Waals surface area contributed by atoms with Gasteiger partial charge in [0.1, 0.15) is 24.7 Å². The topological polar surface area (TPSA) is 186 Å². The quantitative estimate of drug-likeness (QED) is 0.273. The Kier molecular flexibility index (Phi) is 9.80. The normalized spacial score (nSPS) is 10.5. The number of aromatic carboxylic acids is 4. The van der Waals surface area contributed by atoms with E-state index in [4.69, 9.17) is 39.4 Å². The molecule has 0 saturated heterocycles. The van der Waals surface area contributed by atoms with Crippen LogP contribution in [0.5, 0.6) is 11.5 Å². The van der Waals surface area contributed by atoms with E-state index in [1.165, 1.54) is 24.3 Å². The van der Waals surface area contributed by atoms with Crippen LogP contribution in [0.25, 0.3) is 0 Å².